The molecule has 0 spiro atoms. The van der Waals surface area contributed by atoms with Crippen molar-refractivity contribution in [1.29, 1.82) is 0 Å². The molecule has 1 saturated carbocycles. The summed E-state index contributed by atoms with van der Waals surface area (Å²) in [5, 5.41) is 0.657. The van der Waals surface area contributed by atoms with Crippen molar-refractivity contribution >= 4 is 17.7 Å². The minimum absolute atomic E-state index is 0.0367. The predicted molar refractivity (Wildman–Crippen MR) is 102 cm³/mol. The van der Waals surface area contributed by atoms with Gasteiger partial charge in [-0.25, -0.2) is 13.6 Å². The maximum Gasteiger partial charge on any atom is 0.435 e. The molecule has 1 aliphatic rings. The number of hydroxylamine groups is 2. The van der Waals surface area contributed by atoms with E-state index in [-0.39, 0.29) is 17.2 Å². The van der Waals surface area contributed by atoms with Gasteiger partial charge in [-0.2, -0.15) is 5.06 Å². The van der Waals surface area contributed by atoms with Crippen LogP contribution in [0.3, 0.4) is 0 Å². The van der Waals surface area contributed by atoms with Crippen molar-refractivity contribution in [2.24, 2.45) is 0 Å². The van der Waals surface area contributed by atoms with Crippen LogP contribution in [0.5, 0.6) is 17.2 Å². The molecule has 2 aromatic carbocycles. The van der Waals surface area contributed by atoms with Crippen molar-refractivity contribution < 1.29 is 42.2 Å². The summed E-state index contributed by atoms with van der Waals surface area (Å²) in [6, 6.07) is 7.22. The van der Waals surface area contributed by atoms with Gasteiger partial charge >= 0.3 is 6.09 Å². The molecule has 0 saturated heterocycles. The van der Waals surface area contributed by atoms with Gasteiger partial charge in [0.1, 0.15) is 28.9 Å². The van der Waals surface area contributed by atoms with E-state index in [1.54, 1.807) is 13.8 Å². The number of ether oxygens (including phenoxy) is 3. The molecule has 0 bridgehead atoms. The quantitative estimate of drug-likeness (QED) is 0.486. The van der Waals surface area contributed by atoms with Gasteiger partial charge in [0.15, 0.2) is 12.1 Å². The van der Waals surface area contributed by atoms with E-state index in [1.807, 2.05) is 0 Å². The van der Waals surface area contributed by atoms with Gasteiger partial charge in [-0.3, -0.25) is 14.4 Å². The number of ketones is 2. The van der Waals surface area contributed by atoms with Gasteiger partial charge in [-0.05, 0) is 38.1 Å². The molecule has 0 aromatic heterocycles. The minimum atomic E-state index is -1.30. The zero-order chi connectivity index (χ0) is 22.7. The topological polar surface area (TPSA) is 91.4 Å². The smallest absolute Gasteiger partial charge is 0.435 e. The number of amides is 1. The van der Waals surface area contributed by atoms with Crippen molar-refractivity contribution in [2.75, 3.05) is 7.11 Å². The Morgan fingerprint density at radius 3 is 2.06 bits per heavy atom. The van der Waals surface area contributed by atoms with Gasteiger partial charge < -0.3 is 14.2 Å². The molecule has 1 amide bonds. The second kappa shape index (κ2) is 9.09. The van der Waals surface area contributed by atoms with E-state index in [4.69, 9.17) is 19.0 Å². The molecule has 0 heterocycles. The summed E-state index contributed by atoms with van der Waals surface area (Å²) in [5.74, 6) is -2.82. The predicted octanol–water partition coefficient (Wildman–Crippen LogP) is 3.43. The maximum absolute atomic E-state index is 13.3. The summed E-state index contributed by atoms with van der Waals surface area (Å²) in [6.45, 7) is 3.24. The van der Waals surface area contributed by atoms with Crippen molar-refractivity contribution in [2.45, 2.75) is 32.1 Å². The standard InChI is InChI=1S/C21H19F2NO7/c1-11(2)29-21(27)24(28-3)17-18(25)19(26)20(17)31-15-6-4-14(5-7-15)30-16-9-12(22)8-13(23)10-16/h4-11,17,20H,1-3H3. The molecule has 1 aliphatic carbocycles. The molecule has 1 fully saturated rings. The van der Waals surface area contributed by atoms with Gasteiger partial charge in [0, 0.05) is 18.2 Å². The first-order chi connectivity index (χ1) is 14.7. The summed E-state index contributed by atoms with van der Waals surface area (Å²) in [5.41, 5.74) is 0. The summed E-state index contributed by atoms with van der Waals surface area (Å²) in [6.07, 6.45) is -2.67. The van der Waals surface area contributed by atoms with Crippen LogP contribution in [-0.4, -0.2) is 48.1 Å². The SMILES string of the molecule is CON(C(=O)OC(C)C)C1C(=O)C(=O)C1Oc1ccc(Oc2cc(F)cc(F)c2)cc1. The van der Waals surface area contributed by atoms with Crippen molar-refractivity contribution in [3.05, 3.63) is 54.1 Å². The Bertz CT molecular complexity index is 973. The molecule has 8 nitrogen and oxygen atoms in total. The summed E-state index contributed by atoms with van der Waals surface area (Å²) in [4.78, 5) is 41.1. The molecule has 3 rings (SSSR count). The molecular weight excluding hydrogens is 416 g/mol. The van der Waals surface area contributed by atoms with Crippen LogP contribution < -0.4 is 9.47 Å². The second-order valence-corrected chi connectivity index (χ2v) is 6.83. The third-order valence-corrected chi connectivity index (χ3v) is 4.18. The third kappa shape index (κ3) is 4.97. The molecule has 0 N–H and O–H groups in total. The fraction of sp³-hybridized carbons (Fsp3) is 0.286. The average Bonchev–Trinajstić information content (AvgIpc) is 2.70. The zero-order valence-corrected chi connectivity index (χ0v) is 16.8. The summed E-state index contributed by atoms with van der Waals surface area (Å²) < 4.78 is 42.5. The maximum atomic E-state index is 13.3. The number of hydrogen-bond donors (Lipinski definition) is 0. The van der Waals surface area contributed by atoms with E-state index in [2.05, 4.69) is 0 Å². The normalized spacial score (nSPS) is 17.9. The first-order valence-corrected chi connectivity index (χ1v) is 9.22. The number of rotatable bonds is 7. The molecular formula is C21H19F2NO7. The Kier molecular flexibility index (Phi) is 6.50. The molecule has 2 atom stereocenters. The van der Waals surface area contributed by atoms with Crippen molar-refractivity contribution in [3.8, 4) is 17.2 Å². The van der Waals surface area contributed by atoms with Gasteiger partial charge in [0.2, 0.25) is 11.6 Å². The monoisotopic (exact) mass is 435 g/mol. The van der Waals surface area contributed by atoms with Crippen LogP contribution in [0.1, 0.15) is 13.8 Å². The Morgan fingerprint density at radius 1 is 0.935 bits per heavy atom. The average molecular weight is 435 g/mol. The minimum Gasteiger partial charge on any atom is -0.479 e. The Morgan fingerprint density at radius 2 is 1.52 bits per heavy atom. The van der Waals surface area contributed by atoms with E-state index in [0.29, 0.717) is 5.06 Å². The molecule has 2 aromatic rings. The third-order valence-electron chi connectivity index (χ3n) is 4.18. The van der Waals surface area contributed by atoms with E-state index < -0.39 is 47.5 Å². The number of Topliss-reactive ketones (excluding diaryl/α,β-unsaturated/α-hetero) is 2. The highest BCUT2D eigenvalue weighted by atomic mass is 19.1. The number of nitrogens with zero attached hydrogens (tertiary/aromatic N) is 1. The lowest BCUT2D eigenvalue weighted by Gasteiger charge is -2.38. The van der Waals surface area contributed by atoms with Crippen LogP contribution >= 0.6 is 0 Å². The molecule has 31 heavy (non-hydrogen) atoms. The second-order valence-electron chi connectivity index (χ2n) is 6.83. The summed E-state index contributed by atoms with van der Waals surface area (Å²) >= 11 is 0. The first-order valence-electron chi connectivity index (χ1n) is 9.22. The molecule has 0 aliphatic heterocycles. The number of halogens is 2. The largest absolute Gasteiger partial charge is 0.479 e. The van der Waals surface area contributed by atoms with Crippen LogP contribution in [0.2, 0.25) is 0 Å². The van der Waals surface area contributed by atoms with E-state index in [1.165, 1.54) is 24.3 Å². The van der Waals surface area contributed by atoms with Crippen LogP contribution in [0.25, 0.3) is 0 Å². The Hall–Kier alpha value is -3.53. The van der Waals surface area contributed by atoms with E-state index in [9.17, 15) is 23.2 Å². The van der Waals surface area contributed by atoms with Crippen LogP contribution in [0.15, 0.2) is 42.5 Å². The Labute approximate surface area is 176 Å². The van der Waals surface area contributed by atoms with E-state index in [0.717, 1.165) is 25.3 Å². The molecule has 2 unspecified atom stereocenters. The van der Waals surface area contributed by atoms with E-state index >= 15 is 0 Å². The summed E-state index contributed by atoms with van der Waals surface area (Å²) in [7, 11) is 1.16. The van der Waals surface area contributed by atoms with Crippen LogP contribution in [0.4, 0.5) is 13.6 Å². The lowest BCUT2D eigenvalue weighted by molar-refractivity contribution is -0.190. The molecule has 164 valence electrons. The van der Waals surface area contributed by atoms with Crippen molar-refractivity contribution in [3.63, 3.8) is 0 Å². The zero-order valence-electron chi connectivity index (χ0n) is 16.8. The number of hydrogen-bond acceptors (Lipinski definition) is 7. The van der Waals surface area contributed by atoms with Crippen molar-refractivity contribution in [1.82, 2.24) is 5.06 Å². The highest BCUT2D eigenvalue weighted by Gasteiger charge is 2.57. The fourth-order valence-corrected chi connectivity index (χ4v) is 2.83. The van der Waals surface area contributed by atoms with Crippen LogP contribution in [0, 0.1) is 11.6 Å². The van der Waals surface area contributed by atoms with Gasteiger partial charge in [0.05, 0.1) is 13.2 Å². The van der Waals surface area contributed by atoms with Gasteiger partial charge in [0.25, 0.3) is 0 Å². The number of carbonyl (C=O) groups is 3. The lowest BCUT2D eigenvalue weighted by Crippen LogP contribution is -2.68. The number of carbonyl (C=O) groups excluding carboxylic acids is 3. The highest BCUT2D eigenvalue weighted by Crippen LogP contribution is 2.29. The molecule has 10 heteroatoms. The Balaban J connectivity index is 1.69. The first kappa shape index (κ1) is 22.2. The van der Waals surface area contributed by atoms with Gasteiger partial charge in [-0.15, -0.1) is 0 Å². The lowest BCUT2D eigenvalue weighted by atomic mass is 9.85. The highest BCUT2D eigenvalue weighted by molar-refractivity contribution is 6.48. The fourth-order valence-electron chi connectivity index (χ4n) is 2.83. The molecule has 0 radical (unpaired) electrons. The van der Waals surface area contributed by atoms with Crippen LogP contribution in [-0.2, 0) is 19.2 Å². The number of benzene rings is 2. The van der Waals surface area contributed by atoms with Gasteiger partial charge in [-0.1, -0.05) is 0 Å².